The molecule has 82 valence electrons. The highest BCUT2D eigenvalue weighted by Gasteiger charge is 2.01. The minimum absolute atomic E-state index is 0.453. The van der Waals surface area contributed by atoms with Gasteiger partial charge in [-0.25, -0.2) is 0 Å². The SMILES string of the molecule is CCN(CCNc1ccncc1)C(N)=S. The molecule has 0 atom stereocenters. The van der Waals surface area contributed by atoms with Crippen molar-refractivity contribution in [2.75, 3.05) is 25.0 Å². The van der Waals surface area contributed by atoms with Gasteiger partial charge in [0.15, 0.2) is 5.11 Å². The molecule has 5 heteroatoms. The van der Waals surface area contributed by atoms with E-state index in [-0.39, 0.29) is 0 Å². The number of thiocarbonyl (C=S) groups is 1. The minimum Gasteiger partial charge on any atom is -0.383 e. The van der Waals surface area contributed by atoms with Crippen molar-refractivity contribution < 1.29 is 0 Å². The van der Waals surface area contributed by atoms with Crippen LogP contribution in [0.4, 0.5) is 5.69 Å². The summed E-state index contributed by atoms with van der Waals surface area (Å²) in [6.45, 7) is 4.50. The van der Waals surface area contributed by atoms with E-state index in [4.69, 9.17) is 18.0 Å². The van der Waals surface area contributed by atoms with Crippen LogP contribution in [-0.4, -0.2) is 34.6 Å². The van der Waals surface area contributed by atoms with Crippen LogP contribution < -0.4 is 11.1 Å². The lowest BCUT2D eigenvalue weighted by atomic mass is 10.4. The highest BCUT2D eigenvalue weighted by molar-refractivity contribution is 7.80. The lowest BCUT2D eigenvalue weighted by Gasteiger charge is -2.20. The molecular weight excluding hydrogens is 208 g/mol. The Labute approximate surface area is 95.5 Å². The number of anilines is 1. The molecule has 0 fully saturated rings. The molecule has 15 heavy (non-hydrogen) atoms. The van der Waals surface area contributed by atoms with E-state index in [1.807, 2.05) is 24.0 Å². The van der Waals surface area contributed by atoms with Gasteiger partial charge in [0.2, 0.25) is 0 Å². The maximum absolute atomic E-state index is 5.55. The Hall–Kier alpha value is -1.36. The first kappa shape index (κ1) is 11.7. The molecule has 0 unspecified atom stereocenters. The van der Waals surface area contributed by atoms with Crippen molar-refractivity contribution in [3.05, 3.63) is 24.5 Å². The smallest absolute Gasteiger partial charge is 0.166 e. The number of rotatable bonds is 5. The highest BCUT2D eigenvalue weighted by atomic mass is 32.1. The van der Waals surface area contributed by atoms with E-state index in [0.717, 1.165) is 25.3 Å². The summed E-state index contributed by atoms with van der Waals surface area (Å²) in [5.74, 6) is 0. The summed E-state index contributed by atoms with van der Waals surface area (Å²) in [6, 6.07) is 3.86. The molecule has 0 aliphatic carbocycles. The monoisotopic (exact) mass is 224 g/mol. The average Bonchev–Trinajstić information content (AvgIpc) is 2.25. The van der Waals surface area contributed by atoms with E-state index in [1.54, 1.807) is 12.4 Å². The zero-order valence-electron chi connectivity index (χ0n) is 8.81. The summed E-state index contributed by atoms with van der Waals surface area (Å²) in [5.41, 5.74) is 6.61. The molecule has 1 aromatic heterocycles. The fraction of sp³-hybridized carbons (Fsp3) is 0.400. The predicted octanol–water partition coefficient (Wildman–Crippen LogP) is 1.06. The van der Waals surface area contributed by atoms with Gasteiger partial charge in [0.05, 0.1) is 0 Å². The number of nitrogens with two attached hydrogens (primary N) is 1. The van der Waals surface area contributed by atoms with Crippen LogP contribution in [0.2, 0.25) is 0 Å². The van der Waals surface area contributed by atoms with Gasteiger partial charge in [-0.1, -0.05) is 0 Å². The molecule has 1 heterocycles. The summed E-state index contributed by atoms with van der Waals surface area (Å²) in [5, 5.41) is 3.72. The second-order valence-electron chi connectivity index (χ2n) is 3.08. The van der Waals surface area contributed by atoms with E-state index in [1.165, 1.54) is 0 Å². The Balaban J connectivity index is 2.30. The van der Waals surface area contributed by atoms with Gasteiger partial charge in [-0.05, 0) is 31.3 Å². The van der Waals surface area contributed by atoms with Crippen LogP contribution in [0.5, 0.6) is 0 Å². The zero-order valence-corrected chi connectivity index (χ0v) is 9.63. The van der Waals surface area contributed by atoms with E-state index < -0.39 is 0 Å². The molecule has 0 amide bonds. The van der Waals surface area contributed by atoms with Crippen molar-refractivity contribution >= 4 is 23.0 Å². The van der Waals surface area contributed by atoms with Crippen LogP contribution in [0.3, 0.4) is 0 Å². The number of hydrogen-bond donors (Lipinski definition) is 2. The number of aromatic nitrogens is 1. The van der Waals surface area contributed by atoms with Crippen LogP contribution in [0.1, 0.15) is 6.92 Å². The van der Waals surface area contributed by atoms with Crippen LogP contribution in [0.15, 0.2) is 24.5 Å². The standard InChI is InChI=1S/C10H16N4S/c1-2-14(10(11)15)8-7-13-9-3-5-12-6-4-9/h3-6H,2,7-8H2,1H3,(H2,11,15)(H,12,13). The molecule has 0 aliphatic heterocycles. The first-order valence-electron chi connectivity index (χ1n) is 4.92. The fourth-order valence-electron chi connectivity index (χ4n) is 1.23. The average molecular weight is 224 g/mol. The zero-order chi connectivity index (χ0) is 11.1. The van der Waals surface area contributed by atoms with Crippen LogP contribution in [0.25, 0.3) is 0 Å². The first-order valence-corrected chi connectivity index (χ1v) is 5.33. The normalized spacial score (nSPS) is 9.67. The molecule has 0 radical (unpaired) electrons. The van der Waals surface area contributed by atoms with E-state index in [9.17, 15) is 0 Å². The van der Waals surface area contributed by atoms with Gasteiger partial charge >= 0.3 is 0 Å². The Kier molecular flexibility index (Phi) is 4.83. The second-order valence-corrected chi connectivity index (χ2v) is 3.50. The van der Waals surface area contributed by atoms with Gasteiger partial charge in [-0.2, -0.15) is 0 Å². The lowest BCUT2D eigenvalue weighted by Crippen LogP contribution is -2.38. The van der Waals surface area contributed by atoms with Gasteiger partial charge in [0.1, 0.15) is 0 Å². The van der Waals surface area contributed by atoms with Crippen LogP contribution >= 0.6 is 12.2 Å². The maximum Gasteiger partial charge on any atom is 0.166 e. The molecule has 0 saturated heterocycles. The number of nitrogens with zero attached hydrogens (tertiary/aromatic N) is 2. The van der Waals surface area contributed by atoms with Gasteiger partial charge in [-0.15, -0.1) is 0 Å². The Bertz CT molecular complexity index is 302. The highest BCUT2D eigenvalue weighted by Crippen LogP contribution is 2.02. The summed E-state index contributed by atoms with van der Waals surface area (Å²) in [7, 11) is 0. The number of pyridine rings is 1. The van der Waals surface area contributed by atoms with Gasteiger partial charge in [-0.3, -0.25) is 4.98 Å². The Morgan fingerprint density at radius 2 is 2.20 bits per heavy atom. The molecule has 1 aromatic rings. The molecule has 1 rings (SSSR count). The molecular formula is C10H16N4S. The van der Waals surface area contributed by atoms with Crippen molar-refractivity contribution in [3.63, 3.8) is 0 Å². The third-order valence-corrected chi connectivity index (χ3v) is 2.34. The molecule has 0 aliphatic rings. The molecule has 0 bridgehead atoms. The van der Waals surface area contributed by atoms with Crippen LogP contribution in [0, 0.1) is 0 Å². The quantitative estimate of drug-likeness (QED) is 0.732. The van der Waals surface area contributed by atoms with Crippen molar-refractivity contribution in [1.82, 2.24) is 9.88 Å². The number of likely N-dealkylation sites (N-methyl/N-ethyl adjacent to an activating group) is 1. The summed E-state index contributed by atoms with van der Waals surface area (Å²) >= 11 is 4.91. The third-order valence-electron chi connectivity index (χ3n) is 2.08. The Morgan fingerprint density at radius 1 is 1.53 bits per heavy atom. The molecule has 0 aromatic carbocycles. The molecule has 0 saturated carbocycles. The van der Waals surface area contributed by atoms with Crippen molar-refractivity contribution in [2.24, 2.45) is 5.73 Å². The number of hydrogen-bond acceptors (Lipinski definition) is 3. The summed E-state index contributed by atoms with van der Waals surface area (Å²) < 4.78 is 0. The largest absolute Gasteiger partial charge is 0.383 e. The summed E-state index contributed by atoms with van der Waals surface area (Å²) in [4.78, 5) is 5.89. The minimum atomic E-state index is 0.453. The van der Waals surface area contributed by atoms with Gasteiger partial charge in [0.25, 0.3) is 0 Å². The van der Waals surface area contributed by atoms with E-state index in [2.05, 4.69) is 10.3 Å². The lowest BCUT2D eigenvalue weighted by molar-refractivity contribution is 0.460. The predicted molar refractivity (Wildman–Crippen MR) is 66.8 cm³/mol. The topological polar surface area (TPSA) is 54.2 Å². The first-order chi connectivity index (χ1) is 7.24. The van der Waals surface area contributed by atoms with Crippen molar-refractivity contribution in [1.29, 1.82) is 0 Å². The molecule has 0 spiro atoms. The second kappa shape index (κ2) is 6.19. The number of nitrogens with one attached hydrogen (secondary N) is 1. The third kappa shape index (κ3) is 4.12. The van der Waals surface area contributed by atoms with E-state index in [0.29, 0.717) is 5.11 Å². The van der Waals surface area contributed by atoms with Gasteiger partial charge < -0.3 is 16.0 Å². The summed E-state index contributed by atoms with van der Waals surface area (Å²) in [6.07, 6.45) is 3.51. The van der Waals surface area contributed by atoms with Crippen molar-refractivity contribution in [3.8, 4) is 0 Å². The van der Waals surface area contributed by atoms with E-state index >= 15 is 0 Å². The molecule has 4 nitrogen and oxygen atoms in total. The fourth-order valence-corrected chi connectivity index (χ4v) is 1.45. The van der Waals surface area contributed by atoms with Crippen LogP contribution in [-0.2, 0) is 0 Å². The molecule has 3 N–H and O–H groups in total. The van der Waals surface area contributed by atoms with Crippen molar-refractivity contribution in [2.45, 2.75) is 6.92 Å². The Morgan fingerprint density at radius 3 is 2.73 bits per heavy atom. The maximum atomic E-state index is 5.55. The van der Waals surface area contributed by atoms with Gasteiger partial charge in [0, 0.05) is 37.7 Å².